The lowest BCUT2D eigenvalue weighted by atomic mass is 9.93. The number of methoxy groups -OCH3 is 1. The molecule has 0 spiro atoms. The molecular formula is C19H25N7O3. The number of amides is 1. The predicted molar refractivity (Wildman–Crippen MR) is 103 cm³/mol. The molecule has 0 radical (unpaired) electrons. The third-order valence-electron chi connectivity index (χ3n) is 5.73. The summed E-state index contributed by atoms with van der Waals surface area (Å²) >= 11 is 0. The Labute approximate surface area is 168 Å². The van der Waals surface area contributed by atoms with Gasteiger partial charge in [0.15, 0.2) is 11.6 Å². The van der Waals surface area contributed by atoms with Crippen molar-refractivity contribution < 1.29 is 14.3 Å². The van der Waals surface area contributed by atoms with E-state index in [-0.39, 0.29) is 23.7 Å². The van der Waals surface area contributed by atoms with Gasteiger partial charge in [-0.2, -0.15) is 5.10 Å². The normalized spacial score (nSPS) is 20.5. The number of ether oxygens (including phenoxy) is 1. The molecule has 4 heterocycles. The van der Waals surface area contributed by atoms with Crippen LogP contribution in [0.15, 0.2) is 24.8 Å². The Bertz CT molecular complexity index is 832. The number of anilines is 1. The van der Waals surface area contributed by atoms with E-state index >= 15 is 0 Å². The van der Waals surface area contributed by atoms with Gasteiger partial charge >= 0.3 is 5.97 Å². The summed E-state index contributed by atoms with van der Waals surface area (Å²) in [4.78, 5) is 32.6. The quantitative estimate of drug-likeness (QED) is 0.691. The van der Waals surface area contributed by atoms with Crippen molar-refractivity contribution in [2.24, 2.45) is 11.8 Å². The van der Waals surface area contributed by atoms with E-state index in [2.05, 4.69) is 25.2 Å². The average Bonchev–Trinajstić information content (AvgIpc) is 3.33. The molecule has 2 fully saturated rings. The molecule has 2 aromatic heterocycles. The summed E-state index contributed by atoms with van der Waals surface area (Å²) in [5.74, 6) is 1.21. The zero-order valence-corrected chi connectivity index (χ0v) is 16.5. The number of nitrogens with zero attached hydrogens (tertiary/aromatic N) is 7. The minimum absolute atomic E-state index is 0.0600. The third-order valence-corrected chi connectivity index (χ3v) is 5.73. The molecule has 1 unspecified atom stereocenters. The van der Waals surface area contributed by atoms with Crippen LogP contribution in [0.1, 0.15) is 25.7 Å². The van der Waals surface area contributed by atoms with Gasteiger partial charge < -0.3 is 14.5 Å². The molecule has 1 atom stereocenters. The highest BCUT2D eigenvalue weighted by Gasteiger charge is 2.33. The summed E-state index contributed by atoms with van der Waals surface area (Å²) in [5, 5.41) is 12.6. The first-order chi connectivity index (χ1) is 14.2. The molecule has 0 aliphatic carbocycles. The molecule has 2 aromatic rings. The van der Waals surface area contributed by atoms with Gasteiger partial charge in [0.05, 0.1) is 18.9 Å². The van der Waals surface area contributed by atoms with Crippen LogP contribution in [-0.2, 0) is 14.3 Å². The van der Waals surface area contributed by atoms with Gasteiger partial charge in [0.1, 0.15) is 12.7 Å². The molecule has 4 rings (SSSR count). The molecule has 1 amide bonds. The number of likely N-dealkylation sites (tertiary alicyclic amines) is 1. The number of rotatable bonds is 4. The molecule has 10 nitrogen and oxygen atoms in total. The van der Waals surface area contributed by atoms with Crippen molar-refractivity contribution in [3.63, 3.8) is 0 Å². The van der Waals surface area contributed by atoms with Crippen LogP contribution in [0.25, 0.3) is 5.82 Å². The number of hydrogen-bond acceptors (Lipinski definition) is 8. The molecule has 0 saturated carbocycles. The molecule has 154 valence electrons. The van der Waals surface area contributed by atoms with Gasteiger partial charge in [-0.25, -0.2) is 9.67 Å². The first-order valence-electron chi connectivity index (χ1n) is 9.96. The Hall–Kier alpha value is -3.04. The Morgan fingerprint density at radius 2 is 1.79 bits per heavy atom. The molecule has 29 heavy (non-hydrogen) atoms. The minimum Gasteiger partial charge on any atom is -0.469 e. The van der Waals surface area contributed by atoms with Crippen molar-refractivity contribution in [1.82, 2.24) is 29.9 Å². The second-order valence-electron chi connectivity index (χ2n) is 7.50. The lowest BCUT2D eigenvalue weighted by Crippen LogP contribution is -2.48. The van der Waals surface area contributed by atoms with Crippen molar-refractivity contribution in [2.75, 3.05) is 38.2 Å². The molecule has 0 aromatic carbocycles. The fraction of sp³-hybridized carbons (Fsp3) is 0.579. The van der Waals surface area contributed by atoms with E-state index in [0.717, 1.165) is 25.2 Å². The van der Waals surface area contributed by atoms with Crippen molar-refractivity contribution in [3.05, 3.63) is 24.8 Å². The van der Waals surface area contributed by atoms with Crippen molar-refractivity contribution >= 4 is 17.7 Å². The van der Waals surface area contributed by atoms with Crippen LogP contribution < -0.4 is 4.90 Å². The summed E-state index contributed by atoms with van der Waals surface area (Å²) < 4.78 is 6.38. The van der Waals surface area contributed by atoms with E-state index < -0.39 is 0 Å². The highest BCUT2D eigenvalue weighted by atomic mass is 16.5. The van der Waals surface area contributed by atoms with Crippen LogP contribution in [0.5, 0.6) is 0 Å². The molecule has 2 aliphatic heterocycles. The zero-order valence-electron chi connectivity index (χ0n) is 16.5. The summed E-state index contributed by atoms with van der Waals surface area (Å²) in [6.45, 7) is 2.71. The van der Waals surface area contributed by atoms with Crippen LogP contribution in [0.4, 0.5) is 5.82 Å². The second kappa shape index (κ2) is 8.54. The third kappa shape index (κ3) is 4.20. The SMILES string of the molecule is COC(=O)C1CCN(C(=O)C2CCCN(c3ccc(-n4cncn4)nn3)C2)CC1. The molecule has 0 N–H and O–H groups in total. The minimum atomic E-state index is -0.172. The van der Waals surface area contributed by atoms with Crippen molar-refractivity contribution in [3.8, 4) is 5.82 Å². The summed E-state index contributed by atoms with van der Waals surface area (Å²) in [6, 6.07) is 3.75. The average molecular weight is 399 g/mol. The van der Waals surface area contributed by atoms with Gasteiger partial charge in [-0.3, -0.25) is 9.59 Å². The molecule has 0 bridgehead atoms. The highest BCUT2D eigenvalue weighted by molar-refractivity contribution is 5.80. The maximum absolute atomic E-state index is 13.0. The van der Waals surface area contributed by atoms with Crippen molar-refractivity contribution in [1.29, 1.82) is 0 Å². The fourth-order valence-corrected chi connectivity index (χ4v) is 4.08. The Kier molecular flexibility index (Phi) is 5.68. The van der Waals surface area contributed by atoms with E-state index in [1.54, 1.807) is 11.0 Å². The zero-order chi connectivity index (χ0) is 20.2. The predicted octanol–water partition coefficient (Wildman–Crippen LogP) is 0.685. The van der Waals surface area contributed by atoms with Gasteiger partial charge in [-0.05, 0) is 37.8 Å². The number of aromatic nitrogens is 5. The lowest BCUT2D eigenvalue weighted by Gasteiger charge is -2.37. The topological polar surface area (TPSA) is 106 Å². The maximum atomic E-state index is 13.0. The Morgan fingerprint density at radius 1 is 1.03 bits per heavy atom. The fourth-order valence-electron chi connectivity index (χ4n) is 4.08. The van der Waals surface area contributed by atoms with Gasteiger partial charge in [0.2, 0.25) is 5.91 Å². The van der Waals surface area contributed by atoms with Gasteiger partial charge in [0.25, 0.3) is 0 Å². The monoisotopic (exact) mass is 399 g/mol. The molecular weight excluding hydrogens is 374 g/mol. The standard InChI is InChI=1S/C19H25N7O3/c1-29-19(28)14-6-9-24(10-7-14)18(27)15-3-2-8-25(11-15)16-4-5-17(23-22-16)26-13-20-12-21-26/h4-5,12-15H,2-3,6-11H2,1H3. The Morgan fingerprint density at radius 3 is 2.45 bits per heavy atom. The highest BCUT2D eigenvalue weighted by Crippen LogP contribution is 2.26. The number of carbonyl (C=O) groups is 2. The van der Waals surface area contributed by atoms with E-state index in [9.17, 15) is 9.59 Å². The van der Waals surface area contributed by atoms with Gasteiger partial charge in [-0.1, -0.05) is 0 Å². The number of esters is 1. The molecule has 10 heteroatoms. The van der Waals surface area contributed by atoms with E-state index in [1.807, 2.05) is 17.0 Å². The van der Waals surface area contributed by atoms with Gasteiger partial charge in [0, 0.05) is 26.2 Å². The van der Waals surface area contributed by atoms with E-state index in [1.165, 1.54) is 13.4 Å². The van der Waals surface area contributed by atoms with Crippen LogP contribution in [0, 0.1) is 11.8 Å². The number of hydrogen-bond donors (Lipinski definition) is 0. The first kappa shape index (κ1) is 19.3. The van der Waals surface area contributed by atoms with Crippen molar-refractivity contribution in [2.45, 2.75) is 25.7 Å². The second-order valence-corrected chi connectivity index (χ2v) is 7.50. The van der Waals surface area contributed by atoms with Gasteiger partial charge in [-0.15, -0.1) is 10.2 Å². The van der Waals surface area contributed by atoms with Crippen LogP contribution >= 0.6 is 0 Å². The Balaban J connectivity index is 1.36. The summed E-state index contributed by atoms with van der Waals surface area (Å²) in [6.07, 6.45) is 6.17. The molecule has 2 aliphatic rings. The van der Waals surface area contributed by atoms with E-state index in [0.29, 0.717) is 38.3 Å². The van der Waals surface area contributed by atoms with Crippen LogP contribution in [0.2, 0.25) is 0 Å². The largest absolute Gasteiger partial charge is 0.469 e. The number of carbonyl (C=O) groups excluding carboxylic acids is 2. The molecule has 2 saturated heterocycles. The summed E-state index contributed by atoms with van der Waals surface area (Å²) in [5.41, 5.74) is 0. The smallest absolute Gasteiger partial charge is 0.308 e. The first-order valence-corrected chi connectivity index (χ1v) is 9.96. The summed E-state index contributed by atoms with van der Waals surface area (Å²) in [7, 11) is 1.41. The van der Waals surface area contributed by atoms with Crippen LogP contribution in [-0.4, -0.2) is 75.0 Å². The lowest BCUT2D eigenvalue weighted by molar-refractivity contribution is -0.149. The van der Waals surface area contributed by atoms with E-state index in [4.69, 9.17) is 4.74 Å². The maximum Gasteiger partial charge on any atom is 0.308 e. The van der Waals surface area contributed by atoms with Crippen LogP contribution in [0.3, 0.4) is 0 Å². The number of piperidine rings is 2.